The SMILES string of the molecule is FCOCC=Cc1ccccc1. The van der Waals surface area contributed by atoms with E-state index < -0.39 is 6.86 Å². The van der Waals surface area contributed by atoms with Gasteiger partial charge in [0.2, 0.25) is 0 Å². The second kappa shape index (κ2) is 5.49. The first-order valence-corrected chi connectivity index (χ1v) is 3.79. The van der Waals surface area contributed by atoms with Crippen LogP contribution in [0.15, 0.2) is 36.4 Å². The highest BCUT2D eigenvalue weighted by Gasteiger charge is 1.82. The van der Waals surface area contributed by atoms with E-state index in [1.807, 2.05) is 36.4 Å². The van der Waals surface area contributed by atoms with Crippen LogP contribution in [0.1, 0.15) is 5.56 Å². The molecule has 1 aromatic rings. The Hall–Kier alpha value is -1.15. The monoisotopic (exact) mass is 166 g/mol. The Morgan fingerprint density at radius 3 is 2.67 bits per heavy atom. The highest BCUT2D eigenvalue weighted by Crippen LogP contribution is 2.00. The van der Waals surface area contributed by atoms with Gasteiger partial charge in [0, 0.05) is 0 Å². The molecule has 0 amide bonds. The van der Waals surface area contributed by atoms with Crippen molar-refractivity contribution in [1.82, 2.24) is 0 Å². The van der Waals surface area contributed by atoms with Crippen molar-refractivity contribution < 1.29 is 9.13 Å². The number of halogens is 1. The predicted octanol–water partition coefficient (Wildman–Crippen LogP) is 2.64. The van der Waals surface area contributed by atoms with Gasteiger partial charge in [-0.1, -0.05) is 42.5 Å². The second-order valence-corrected chi connectivity index (χ2v) is 2.29. The lowest BCUT2D eigenvalue weighted by Crippen LogP contribution is -1.86. The maximum Gasteiger partial charge on any atom is 0.188 e. The smallest absolute Gasteiger partial charge is 0.188 e. The molecule has 1 nitrogen and oxygen atoms in total. The molecule has 0 aliphatic heterocycles. The largest absolute Gasteiger partial charge is 0.346 e. The van der Waals surface area contributed by atoms with Crippen LogP contribution in [0, 0.1) is 0 Å². The van der Waals surface area contributed by atoms with Crippen LogP contribution in [0.25, 0.3) is 6.08 Å². The van der Waals surface area contributed by atoms with Crippen LogP contribution in [0.3, 0.4) is 0 Å². The summed E-state index contributed by atoms with van der Waals surface area (Å²) in [5, 5.41) is 0. The zero-order chi connectivity index (χ0) is 8.65. The van der Waals surface area contributed by atoms with Gasteiger partial charge in [0.15, 0.2) is 6.86 Å². The van der Waals surface area contributed by atoms with Crippen LogP contribution in [-0.2, 0) is 4.74 Å². The van der Waals surface area contributed by atoms with Crippen LogP contribution in [-0.4, -0.2) is 13.5 Å². The summed E-state index contributed by atoms with van der Waals surface area (Å²) in [6, 6.07) is 9.82. The quantitative estimate of drug-likeness (QED) is 0.625. The third-order valence-corrected chi connectivity index (χ3v) is 1.40. The normalized spacial score (nSPS) is 10.8. The maximum atomic E-state index is 11.5. The average molecular weight is 166 g/mol. The van der Waals surface area contributed by atoms with E-state index in [0.29, 0.717) is 6.61 Å². The number of hydrogen-bond donors (Lipinski definition) is 0. The zero-order valence-electron chi connectivity index (χ0n) is 6.74. The summed E-state index contributed by atoms with van der Waals surface area (Å²) in [5.41, 5.74) is 1.10. The Bertz CT molecular complexity index is 231. The van der Waals surface area contributed by atoms with E-state index >= 15 is 0 Å². The fourth-order valence-corrected chi connectivity index (χ4v) is 0.861. The average Bonchev–Trinajstić information content (AvgIpc) is 2.14. The van der Waals surface area contributed by atoms with Gasteiger partial charge in [-0.15, -0.1) is 0 Å². The lowest BCUT2D eigenvalue weighted by Gasteiger charge is -1.92. The molecule has 0 spiro atoms. The van der Waals surface area contributed by atoms with Gasteiger partial charge in [0.25, 0.3) is 0 Å². The minimum absolute atomic E-state index is 0.325. The molecule has 12 heavy (non-hydrogen) atoms. The lowest BCUT2D eigenvalue weighted by molar-refractivity contribution is 0.0780. The molecule has 1 aromatic carbocycles. The number of benzene rings is 1. The van der Waals surface area contributed by atoms with Crippen LogP contribution in [0.2, 0.25) is 0 Å². The van der Waals surface area contributed by atoms with Crippen molar-refractivity contribution >= 4 is 6.08 Å². The Morgan fingerprint density at radius 2 is 2.00 bits per heavy atom. The Labute approximate surface area is 71.5 Å². The van der Waals surface area contributed by atoms with Gasteiger partial charge in [-0.3, -0.25) is 0 Å². The fraction of sp³-hybridized carbons (Fsp3) is 0.200. The molecule has 0 bridgehead atoms. The van der Waals surface area contributed by atoms with Crippen LogP contribution < -0.4 is 0 Å². The summed E-state index contributed by atoms with van der Waals surface area (Å²) < 4.78 is 16.0. The van der Waals surface area contributed by atoms with Crippen LogP contribution in [0.5, 0.6) is 0 Å². The minimum Gasteiger partial charge on any atom is -0.346 e. The molecule has 0 saturated carbocycles. The van der Waals surface area contributed by atoms with Crippen molar-refractivity contribution in [3.63, 3.8) is 0 Å². The van der Waals surface area contributed by atoms with Crippen molar-refractivity contribution in [2.24, 2.45) is 0 Å². The van der Waals surface area contributed by atoms with Crippen LogP contribution in [0.4, 0.5) is 4.39 Å². The summed E-state index contributed by atoms with van der Waals surface area (Å²) in [5.74, 6) is 0. The molecule has 0 aliphatic rings. The molecule has 0 radical (unpaired) electrons. The molecule has 0 atom stereocenters. The number of hydrogen-bond acceptors (Lipinski definition) is 1. The molecule has 2 heteroatoms. The van der Waals surface area contributed by atoms with Crippen molar-refractivity contribution in [2.75, 3.05) is 13.5 Å². The van der Waals surface area contributed by atoms with E-state index in [-0.39, 0.29) is 0 Å². The molecule has 0 saturated heterocycles. The number of ether oxygens (including phenoxy) is 1. The van der Waals surface area contributed by atoms with Crippen molar-refractivity contribution in [3.05, 3.63) is 42.0 Å². The second-order valence-electron chi connectivity index (χ2n) is 2.29. The standard InChI is InChI=1S/C10H11FO/c11-9-12-8-4-7-10-5-2-1-3-6-10/h1-7H,8-9H2. The highest BCUT2D eigenvalue weighted by molar-refractivity contribution is 5.48. The van der Waals surface area contributed by atoms with E-state index in [1.165, 1.54) is 0 Å². The van der Waals surface area contributed by atoms with Gasteiger partial charge in [-0.2, -0.15) is 0 Å². The molecular weight excluding hydrogens is 155 g/mol. The van der Waals surface area contributed by atoms with Crippen LogP contribution >= 0.6 is 0 Å². The Morgan fingerprint density at radius 1 is 1.25 bits per heavy atom. The third kappa shape index (κ3) is 3.30. The number of alkyl halides is 1. The van der Waals surface area contributed by atoms with Crippen molar-refractivity contribution in [2.45, 2.75) is 0 Å². The molecule has 0 aromatic heterocycles. The van der Waals surface area contributed by atoms with Gasteiger partial charge in [-0.25, -0.2) is 4.39 Å². The molecule has 0 N–H and O–H groups in total. The van der Waals surface area contributed by atoms with Gasteiger partial charge < -0.3 is 4.74 Å². The van der Waals surface area contributed by atoms with Gasteiger partial charge in [0.05, 0.1) is 6.61 Å². The van der Waals surface area contributed by atoms with Gasteiger partial charge in [-0.05, 0) is 5.56 Å². The fourth-order valence-electron chi connectivity index (χ4n) is 0.861. The van der Waals surface area contributed by atoms with E-state index in [2.05, 4.69) is 4.74 Å². The summed E-state index contributed by atoms with van der Waals surface area (Å²) in [4.78, 5) is 0. The molecule has 0 heterocycles. The first kappa shape index (κ1) is 8.94. The van der Waals surface area contributed by atoms with E-state index in [1.54, 1.807) is 6.08 Å². The lowest BCUT2D eigenvalue weighted by atomic mass is 10.2. The third-order valence-electron chi connectivity index (χ3n) is 1.40. The summed E-state index contributed by atoms with van der Waals surface area (Å²) in [6.07, 6.45) is 3.69. The van der Waals surface area contributed by atoms with Gasteiger partial charge >= 0.3 is 0 Å². The molecule has 0 aliphatic carbocycles. The van der Waals surface area contributed by atoms with E-state index in [9.17, 15) is 4.39 Å². The first-order valence-electron chi connectivity index (χ1n) is 3.79. The minimum atomic E-state index is -0.723. The van der Waals surface area contributed by atoms with Gasteiger partial charge in [0.1, 0.15) is 0 Å². The maximum absolute atomic E-state index is 11.5. The molecule has 64 valence electrons. The first-order chi connectivity index (χ1) is 5.93. The summed E-state index contributed by atoms with van der Waals surface area (Å²) in [7, 11) is 0. The Kier molecular flexibility index (Phi) is 4.09. The van der Waals surface area contributed by atoms with Crippen molar-refractivity contribution in [1.29, 1.82) is 0 Å². The highest BCUT2D eigenvalue weighted by atomic mass is 19.1. The Balaban J connectivity index is 2.36. The molecular formula is C10H11FO. The topological polar surface area (TPSA) is 9.23 Å². The predicted molar refractivity (Wildman–Crippen MR) is 47.4 cm³/mol. The van der Waals surface area contributed by atoms with E-state index in [4.69, 9.17) is 0 Å². The number of rotatable bonds is 4. The molecule has 0 unspecified atom stereocenters. The molecule has 1 rings (SSSR count). The van der Waals surface area contributed by atoms with E-state index in [0.717, 1.165) is 5.56 Å². The summed E-state index contributed by atoms with van der Waals surface area (Å²) in [6.45, 7) is -0.398. The zero-order valence-corrected chi connectivity index (χ0v) is 6.74. The summed E-state index contributed by atoms with van der Waals surface area (Å²) >= 11 is 0. The van der Waals surface area contributed by atoms with Crippen molar-refractivity contribution in [3.8, 4) is 0 Å². The molecule has 0 fully saturated rings.